The van der Waals surface area contributed by atoms with Crippen LogP contribution in [-0.2, 0) is 14.3 Å². The van der Waals surface area contributed by atoms with Crippen LogP contribution in [0.15, 0.2) is 76.5 Å². The lowest BCUT2D eigenvalue weighted by Crippen LogP contribution is -2.29. The van der Waals surface area contributed by atoms with Crippen molar-refractivity contribution in [2.24, 2.45) is 5.92 Å². The molecule has 2 atom stereocenters. The van der Waals surface area contributed by atoms with Crippen molar-refractivity contribution in [3.8, 4) is 0 Å². The van der Waals surface area contributed by atoms with Crippen molar-refractivity contribution in [3.05, 3.63) is 72.3 Å². The van der Waals surface area contributed by atoms with Gasteiger partial charge in [0.05, 0.1) is 11.0 Å². The van der Waals surface area contributed by atoms with E-state index in [1.165, 1.54) is 4.90 Å². The molecule has 1 fully saturated rings. The normalized spacial score (nSPS) is 20.8. The van der Waals surface area contributed by atoms with Crippen molar-refractivity contribution >= 4 is 21.9 Å². The van der Waals surface area contributed by atoms with E-state index in [9.17, 15) is 8.42 Å². The summed E-state index contributed by atoms with van der Waals surface area (Å²) in [6, 6.07) is 17.1. The van der Waals surface area contributed by atoms with E-state index in [4.69, 9.17) is 4.18 Å². The van der Waals surface area contributed by atoms with E-state index in [0.29, 0.717) is 0 Å². The zero-order chi connectivity index (χ0) is 19.1. The lowest BCUT2D eigenvalue weighted by molar-refractivity contribution is 0.123. The first-order valence-electron chi connectivity index (χ1n) is 9.39. The Morgan fingerprint density at radius 2 is 1.74 bits per heavy atom. The Morgan fingerprint density at radius 3 is 2.48 bits per heavy atom. The first-order valence-corrected chi connectivity index (χ1v) is 11.8. The fraction of sp³-hybridized carbons (Fsp3) is 0.364. The maximum Gasteiger partial charge on any atom is 0.297 e. The molecule has 1 aliphatic rings. The highest BCUT2D eigenvalue weighted by Gasteiger charge is 2.29. The third-order valence-electron chi connectivity index (χ3n) is 4.79. The quantitative estimate of drug-likeness (QED) is 0.343. The van der Waals surface area contributed by atoms with Crippen LogP contribution in [0.4, 0.5) is 0 Å². The molecule has 3 nitrogen and oxygen atoms in total. The summed E-state index contributed by atoms with van der Waals surface area (Å²) in [7, 11) is -3.72. The number of hydrogen-bond donors (Lipinski definition) is 0. The molecule has 0 amide bonds. The van der Waals surface area contributed by atoms with Gasteiger partial charge in [-0.15, -0.1) is 11.8 Å². The summed E-state index contributed by atoms with van der Waals surface area (Å²) in [6.07, 6.45) is 7.89. The molecule has 1 saturated carbocycles. The Balaban J connectivity index is 1.61. The molecule has 1 aliphatic carbocycles. The van der Waals surface area contributed by atoms with Gasteiger partial charge in [0.25, 0.3) is 10.1 Å². The number of hydrogen-bond acceptors (Lipinski definition) is 4. The van der Waals surface area contributed by atoms with Crippen LogP contribution in [0.3, 0.4) is 0 Å². The number of thioether (sulfide) groups is 1. The average Bonchev–Trinajstić information content (AvgIpc) is 2.67. The molecule has 0 aliphatic heterocycles. The molecule has 0 saturated heterocycles. The maximum atomic E-state index is 12.6. The second kappa shape index (κ2) is 9.58. The van der Waals surface area contributed by atoms with E-state index in [1.54, 1.807) is 36.0 Å². The van der Waals surface area contributed by atoms with Gasteiger partial charge in [0.1, 0.15) is 0 Å². The van der Waals surface area contributed by atoms with E-state index < -0.39 is 10.1 Å². The van der Waals surface area contributed by atoms with Gasteiger partial charge in [-0.05, 0) is 44.0 Å². The Kier molecular flexibility index (Phi) is 7.16. The summed E-state index contributed by atoms with van der Waals surface area (Å²) in [4.78, 5) is 1.47. The van der Waals surface area contributed by atoms with Gasteiger partial charge in [0.2, 0.25) is 0 Å². The maximum absolute atomic E-state index is 12.6. The Labute approximate surface area is 167 Å². The molecule has 0 aromatic heterocycles. The van der Waals surface area contributed by atoms with E-state index in [-0.39, 0.29) is 16.9 Å². The van der Waals surface area contributed by atoms with E-state index in [1.807, 2.05) is 25.1 Å². The van der Waals surface area contributed by atoms with Gasteiger partial charge in [0.15, 0.2) is 0 Å². The Morgan fingerprint density at radius 1 is 1.04 bits per heavy atom. The number of benzene rings is 2. The highest BCUT2D eigenvalue weighted by atomic mass is 32.2. The smallest absolute Gasteiger partial charge is 0.262 e. The predicted octanol–water partition coefficient (Wildman–Crippen LogP) is 5.61. The summed E-state index contributed by atoms with van der Waals surface area (Å²) in [5, 5.41) is 0. The third kappa shape index (κ3) is 5.96. The van der Waals surface area contributed by atoms with Crippen LogP contribution in [-0.4, -0.2) is 20.3 Å². The zero-order valence-electron chi connectivity index (χ0n) is 15.6. The van der Waals surface area contributed by atoms with Gasteiger partial charge >= 0.3 is 0 Å². The van der Waals surface area contributed by atoms with Gasteiger partial charge in [-0.2, -0.15) is 8.42 Å². The second-order valence-corrected chi connectivity index (χ2v) is 9.57. The summed E-state index contributed by atoms with van der Waals surface area (Å²) in [6.45, 7) is 1.94. The molecule has 0 radical (unpaired) electrons. The number of rotatable bonds is 7. The van der Waals surface area contributed by atoms with Crippen molar-refractivity contribution in [1.29, 1.82) is 0 Å². The molecule has 27 heavy (non-hydrogen) atoms. The van der Waals surface area contributed by atoms with E-state index in [2.05, 4.69) is 24.3 Å². The third-order valence-corrected chi connectivity index (χ3v) is 7.10. The summed E-state index contributed by atoms with van der Waals surface area (Å²) >= 11 is 1.78. The van der Waals surface area contributed by atoms with E-state index in [0.717, 1.165) is 37.0 Å². The summed E-state index contributed by atoms with van der Waals surface area (Å²) in [5.74, 6) is 1.02. The Bertz CT molecular complexity index is 843. The molecule has 0 unspecified atom stereocenters. The predicted molar refractivity (Wildman–Crippen MR) is 112 cm³/mol. The van der Waals surface area contributed by atoms with E-state index >= 15 is 0 Å². The molecule has 0 bridgehead atoms. The lowest BCUT2D eigenvalue weighted by Gasteiger charge is -2.28. The van der Waals surface area contributed by atoms with Crippen LogP contribution < -0.4 is 0 Å². The van der Waals surface area contributed by atoms with Crippen LogP contribution in [0.2, 0.25) is 0 Å². The highest BCUT2D eigenvalue weighted by molar-refractivity contribution is 7.99. The fourth-order valence-corrected chi connectivity index (χ4v) is 5.17. The molecule has 0 N–H and O–H groups in total. The minimum atomic E-state index is -3.72. The second-order valence-electron chi connectivity index (χ2n) is 6.90. The zero-order valence-corrected chi connectivity index (χ0v) is 17.2. The molecule has 5 heteroatoms. The molecule has 144 valence electrons. The van der Waals surface area contributed by atoms with Crippen LogP contribution >= 0.6 is 11.8 Å². The van der Waals surface area contributed by atoms with Gasteiger partial charge in [-0.1, -0.05) is 60.9 Å². The standard InChI is InChI=1S/C22H26O3S2/c1-18-13-15-21(16-14-18)27(23,24)25-22-12-6-5-8-19(22)9-7-17-26-20-10-3-2-4-11-20/h2-4,7,9-11,13-16,19,22H,5-6,8,12,17H2,1H3/b9-7-/t19-,22+/m0/s1. The largest absolute Gasteiger partial charge is 0.297 e. The molecular formula is C22H26O3S2. The van der Waals surface area contributed by atoms with Crippen molar-refractivity contribution < 1.29 is 12.6 Å². The van der Waals surface area contributed by atoms with Crippen LogP contribution in [0.1, 0.15) is 31.2 Å². The molecule has 0 spiro atoms. The van der Waals surface area contributed by atoms with Crippen molar-refractivity contribution in [3.63, 3.8) is 0 Å². The van der Waals surface area contributed by atoms with Gasteiger partial charge in [0, 0.05) is 16.6 Å². The topological polar surface area (TPSA) is 43.4 Å². The first-order chi connectivity index (χ1) is 13.0. The van der Waals surface area contributed by atoms with Gasteiger partial charge in [-0.25, -0.2) is 0 Å². The first kappa shape index (κ1) is 20.2. The molecule has 0 heterocycles. The van der Waals surface area contributed by atoms with Crippen molar-refractivity contribution in [2.45, 2.75) is 48.5 Å². The van der Waals surface area contributed by atoms with Crippen molar-refractivity contribution in [1.82, 2.24) is 0 Å². The van der Waals surface area contributed by atoms with Gasteiger partial charge in [-0.3, -0.25) is 4.18 Å². The van der Waals surface area contributed by atoms with Crippen molar-refractivity contribution in [2.75, 3.05) is 5.75 Å². The van der Waals surface area contributed by atoms with Gasteiger partial charge < -0.3 is 0 Å². The lowest BCUT2D eigenvalue weighted by atomic mass is 9.86. The minimum Gasteiger partial charge on any atom is -0.262 e. The summed E-state index contributed by atoms with van der Waals surface area (Å²) < 4.78 is 30.9. The molecular weight excluding hydrogens is 376 g/mol. The Hall–Kier alpha value is -1.56. The minimum absolute atomic E-state index is 0.148. The number of aryl methyl sites for hydroxylation is 1. The monoisotopic (exact) mass is 402 g/mol. The van der Waals surface area contributed by atoms with Crippen LogP contribution in [0, 0.1) is 12.8 Å². The average molecular weight is 403 g/mol. The van der Waals surface area contributed by atoms with Crippen LogP contribution in [0.5, 0.6) is 0 Å². The summed E-state index contributed by atoms with van der Waals surface area (Å²) in [5.41, 5.74) is 1.03. The van der Waals surface area contributed by atoms with Crippen LogP contribution in [0.25, 0.3) is 0 Å². The highest BCUT2D eigenvalue weighted by Crippen LogP contribution is 2.31. The SMILES string of the molecule is Cc1ccc(S(=O)(=O)O[C@@H]2CCCC[C@H]2/C=C\CSc2ccccc2)cc1. The molecule has 2 aromatic carbocycles. The molecule has 2 aromatic rings. The molecule has 3 rings (SSSR count). The fourth-order valence-electron chi connectivity index (χ4n) is 3.28.